The summed E-state index contributed by atoms with van der Waals surface area (Å²) in [4.78, 5) is 29.3. The molecule has 1 saturated heterocycles. The van der Waals surface area contributed by atoms with Crippen LogP contribution in [0, 0.1) is 0 Å². The summed E-state index contributed by atoms with van der Waals surface area (Å²) in [6, 6.07) is 16.9. The van der Waals surface area contributed by atoms with Crippen LogP contribution in [0.5, 0.6) is 0 Å². The number of ether oxygens (including phenoxy) is 1. The molecule has 0 aliphatic carbocycles. The smallest absolute Gasteiger partial charge is 0.261 e. The second-order valence-electron chi connectivity index (χ2n) is 7.00. The monoisotopic (exact) mass is 350 g/mol. The molecule has 0 spiro atoms. The molecule has 0 radical (unpaired) electrons. The molecule has 0 bridgehead atoms. The van der Waals surface area contributed by atoms with Crippen LogP contribution in [0.2, 0.25) is 0 Å². The van der Waals surface area contributed by atoms with Crippen molar-refractivity contribution in [2.45, 2.75) is 12.0 Å². The van der Waals surface area contributed by atoms with Gasteiger partial charge in [-0.2, -0.15) is 0 Å². The minimum Gasteiger partial charge on any atom is -0.367 e. The fraction of sp³-hybridized carbons (Fsp3) is 0.333. The average Bonchev–Trinajstić information content (AvgIpc) is 2.81. The predicted molar refractivity (Wildman–Crippen MR) is 98.0 cm³/mol. The molecule has 2 aromatic rings. The maximum atomic E-state index is 12.8. The zero-order valence-corrected chi connectivity index (χ0v) is 14.9. The molecule has 134 valence electrons. The first-order chi connectivity index (χ1) is 12.6. The van der Waals surface area contributed by atoms with Crippen LogP contribution in [-0.2, 0) is 10.3 Å². The fourth-order valence-electron chi connectivity index (χ4n) is 3.78. The Morgan fingerprint density at radius 1 is 0.923 bits per heavy atom. The first-order valence-electron chi connectivity index (χ1n) is 8.94. The number of amides is 2. The highest BCUT2D eigenvalue weighted by Crippen LogP contribution is 2.35. The number of nitrogens with zero attached hydrogens (tertiary/aromatic N) is 2. The van der Waals surface area contributed by atoms with E-state index in [1.165, 1.54) is 4.90 Å². The van der Waals surface area contributed by atoms with Crippen molar-refractivity contribution in [2.24, 2.45) is 0 Å². The van der Waals surface area contributed by atoms with Gasteiger partial charge in [0, 0.05) is 13.1 Å². The van der Waals surface area contributed by atoms with Gasteiger partial charge < -0.3 is 9.64 Å². The van der Waals surface area contributed by atoms with Crippen LogP contribution in [0.25, 0.3) is 0 Å². The lowest BCUT2D eigenvalue weighted by atomic mass is 9.89. The van der Waals surface area contributed by atoms with Gasteiger partial charge in [-0.05, 0) is 31.2 Å². The van der Waals surface area contributed by atoms with Crippen LogP contribution >= 0.6 is 0 Å². The molecular weight excluding hydrogens is 328 g/mol. The largest absolute Gasteiger partial charge is 0.367 e. The van der Waals surface area contributed by atoms with Gasteiger partial charge in [0.2, 0.25) is 0 Å². The standard InChI is InChI=1S/C21H22N2O3/c1-22-12-11-21(26-14-13-22,16-7-3-2-4-8-16)15-23-19(24)17-9-5-6-10-18(17)20(23)25/h2-10H,11-15H2,1H3. The number of likely N-dealkylation sites (N-methyl/N-ethyl adjacent to an activating group) is 1. The molecule has 5 nitrogen and oxygen atoms in total. The number of imide groups is 1. The molecule has 2 heterocycles. The third-order valence-electron chi connectivity index (χ3n) is 5.34. The molecule has 2 aliphatic rings. The Kier molecular flexibility index (Phi) is 4.34. The highest BCUT2D eigenvalue weighted by Gasteiger charge is 2.44. The summed E-state index contributed by atoms with van der Waals surface area (Å²) in [6.45, 7) is 2.47. The number of carbonyl (C=O) groups is 2. The lowest BCUT2D eigenvalue weighted by Gasteiger charge is -2.36. The Morgan fingerprint density at radius 3 is 2.19 bits per heavy atom. The second-order valence-corrected chi connectivity index (χ2v) is 7.00. The molecule has 2 aliphatic heterocycles. The van der Waals surface area contributed by atoms with Crippen molar-refractivity contribution in [3.05, 3.63) is 71.3 Å². The number of fused-ring (bicyclic) bond motifs is 1. The van der Waals surface area contributed by atoms with E-state index < -0.39 is 5.60 Å². The van der Waals surface area contributed by atoms with E-state index in [2.05, 4.69) is 11.9 Å². The first-order valence-corrected chi connectivity index (χ1v) is 8.94. The number of hydrogen-bond donors (Lipinski definition) is 0. The van der Waals surface area contributed by atoms with Gasteiger partial charge in [-0.1, -0.05) is 42.5 Å². The molecule has 4 rings (SSSR count). The van der Waals surface area contributed by atoms with Gasteiger partial charge in [0.25, 0.3) is 11.8 Å². The highest BCUT2D eigenvalue weighted by molar-refractivity contribution is 6.21. The first kappa shape index (κ1) is 16.9. The van der Waals surface area contributed by atoms with Crippen molar-refractivity contribution in [1.29, 1.82) is 0 Å². The van der Waals surface area contributed by atoms with Crippen molar-refractivity contribution < 1.29 is 14.3 Å². The van der Waals surface area contributed by atoms with Gasteiger partial charge in [-0.25, -0.2) is 0 Å². The van der Waals surface area contributed by atoms with Crippen molar-refractivity contribution in [1.82, 2.24) is 9.80 Å². The quantitative estimate of drug-likeness (QED) is 0.798. The van der Waals surface area contributed by atoms with Crippen molar-refractivity contribution in [3.63, 3.8) is 0 Å². The van der Waals surface area contributed by atoms with E-state index in [1.54, 1.807) is 24.3 Å². The summed E-state index contributed by atoms with van der Waals surface area (Å²) in [5, 5.41) is 0. The molecule has 1 unspecified atom stereocenters. The Hall–Kier alpha value is -2.50. The number of carbonyl (C=O) groups excluding carboxylic acids is 2. The Morgan fingerprint density at radius 2 is 1.54 bits per heavy atom. The van der Waals surface area contributed by atoms with Crippen LogP contribution in [0.15, 0.2) is 54.6 Å². The molecule has 1 atom stereocenters. The van der Waals surface area contributed by atoms with Crippen LogP contribution in [0.4, 0.5) is 0 Å². The molecule has 26 heavy (non-hydrogen) atoms. The summed E-state index contributed by atoms with van der Waals surface area (Å²) in [6.07, 6.45) is 0.723. The van der Waals surface area contributed by atoms with Crippen LogP contribution in [-0.4, -0.2) is 54.9 Å². The fourth-order valence-corrected chi connectivity index (χ4v) is 3.78. The summed E-state index contributed by atoms with van der Waals surface area (Å²) >= 11 is 0. The molecule has 2 amide bonds. The van der Waals surface area contributed by atoms with Crippen molar-refractivity contribution in [2.75, 3.05) is 33.3 Å². The Labute approximate surface area is 153 Å². The molecular formula is C21H22N2O3. The van der Waals surface area contributed by atoms with E-state index in [9.17, 15) is 9.59 Å². The minimum absolute atomic E-state index is 0.233. The molecule has 0 N–H and O–H groups in total. The van der Waals surface area contributed by atoms with E-state index in [0.717, 1.165) is 25.1 Å². The van der Waals surface area contributed by atoms with E-state index in [0.29, 0.717) is 17.7 Å². The van der Waals surface area contributed by atoms with Crippen molar-refractivity contribution in [3.8, 4) is 0 Å². The normalized spacial score (nSPS) is 23.8. The predicted octanol–water partition coefficient (Wildman–Crippen LogP) is 2.53. The number of hydrogen-bond acceptors (Lipinski definition) is 4. The lowest BCUT2D eigenvalue weighted by Crippen LogP contribution is -2.45. The van der Waals surface area contributed by atoms with Gasteiger partial charge in [0.15, 0.2) is 0 Å². The molecule has 1 fully saturated rings. The second kappa shape index (κ2) is 6.67. The SMILES string of the molecule is CN1CCOC(CN2C(=O)c3ccccc3C2=O)(c2ccccc2)CC1. The minimum atomic E-state index is -0.681. The van der Waals surface area contributed by atoms with Crippen LogP contribution in [0.3, 0.4) is 0 Å². The van der Waals surface area contributed by atoms with Crippen LogP contribution in [0.1, 0.15) is 32.7 Å². The van der Waals surface area contributed by atoms with E-state index in [-0.39, 0.29) is 18.4 Å². The summed E-state index contributed by atoms with van der Waals surface area (Å²) in [5.74, 6) is -0.468. The highest BCUT2D eigenvalue weighted by atomic mass is 16.5. The van der Waals surface area contributed by atoms with Gasteiger partial charge in [-0.3, -0.25) is 14.5 Å². The van der Waals surface area contributed by atoms with Crippen LogP contribution < -0.4 is 0 Å². The third-order valence-corrected chi connectivity index (χ3v) is 5.34. The molecule has 0 saturated carbocycles. The maximum absolute atomic E-state index is 12.8. The zero-order chi connectivity index (χ0) is 18.1. The lowest BCUT2D eigenvalue weighted by molar-refractivity contribution is -0.0564. The van der Waals surface area contributed by atoms with E-state index in [1.807, 2.05) is 30.3 Å². The summed E-state index contributed by atoms with van der Waals surface area (Å²) in [5.41, 5.74) is 1.28. The Balaban J connectivity index is 1.70. The number of benzene rings is 2. The molecule has 5 heteroatoms. The topological polar surface area (TPSA) is 49.9 Å². The van der Waals surface area contributed by atoms with Crippen molar-refractivity contribution >= 4 is 11.8 Å². The molecule has 2 aromatic carbocycles. The maximum Gasteiger partial charge on any atom is 0.261 e. The third kappa shape index (κ3) is 2.83. The average molecular weight is 350 g/mol. The zero-order valence-electron chi connectivity index (χ0n) is 14.9. The van der Waals surface area contributed by atoms with Gasteiger partial charge in [0.05, 0.1) is 24.3 Å². The van der Waals surface area contributed by atoms with Gasteiger partial charge in [-0.15, -0.1) is 0 Å². The number of rotatable bonds is 3. The van der Waals surface area contributed by atoms with Gasteiger partial charge in [0.1, 0.15) is 5.60 Å². The summed E-state index contributed by atoms with van der Waals surface area (Å²) < 4.78 is 6.32. The van der Waals surface area contributed by atoms with Gasteiger partial charge >= 0.3 is 0 Å². The van der Waals surface area contributed by atoms with E-state index in [4.69, 9.17) is 4.74 Å². The molecule has 0 aromatic heterocycles. The van der Waals surface area contributed by atoms with E-state index >= 15 is 0 Å². The Bertz CT molecular complexity index is 801. The summed E-state index contributed by atoms with van der Waals surface area (Å²) in [7, 11) is 2.06.